The van der Waals surface area contributed by atoms with E-state index in [-0.39, 0.29) is 5.91 Å². The summed E-state index contributed by atoms with van der Waals surface area (Å²) in [5.41, 5.74) is 1.15. The Bertz CT molecular complexity index is 1050. The number of benzene rings is 2. The van der Waals surface area contributed by atoms with Crippen molar-refractivity contribution in [2.75, 3.05) is 20.3 Å². The summed E-state index contributed by atoms with van der Waals surface area (Å²) in [5, 5.41) is 15.3. The third-order valence-electron chi connectivity index (χ3n) is 5.67. The van der Waals surface area contributed by atoms with Gasteiger partial charge in [0.05, 0.1) is 24.8 Å². The summed E-state index contributed by atoms with van der Waals surface area (Å²) in [6, 6.07) is 14.8. The third kappa shape index (κ3) is 4.56. The molecular formula is C24H27N3O4. The molecule has 0 bridgehead atoms. The Morgan fingerprint density at radius 1 is 1.26 bits per heavy atom. The molecule has 1 amide bonds. The minimum atomic E-state index is -1.04. The van der Waals surface area contributed by atoms with E-state index in [1.54, 1.807) is 41.9 Å². The van der Waals surface area contributed by atoms with E-state index in [2.05, 4.69) is 5.10 Å². The Labute approximate surface area is 181 Å². The number of carbonyl (C=O) groups excluding carboxylic acids is 1. The van der Waals surface area contributed by atoms with Gasteiger partial charge in [0.2, 0.25) is 0 Å². The summed E-state index contributed by atoms with van der Waals surface area (Å²) in [4.78, 5) is 14.9. The summed E-state index contributed by atoms with van der Waals surface area (Å²) in [5.74, 6) is 1.18. The van der Waals surface area contributed by atoms with Crippen LogP contribution in [0.15, 0.2) is 60.9 Å². The second-order valence-electron chi connectivity index (χ2n) is 7.89. The zero-order chi connectivity index (χ0) is 21.8. The Morgan fingerprint density at radius 3 is 2.87 bits per heavy atom. The molecule has 3 aromatic rings. The van der Waals surface area contributed by atoms with Gasteiger partial charge < -0.3 is 19.5 Å². The number of hydrogen-bond acceptors (Lipinski definition) is 5. The number of para-hydroxylation sites is 1. The van der Waals surface area contributed by atoms with E-state index in [4.69, 9.17) is 9.47 Å². The van der Waals surface area contributed by atoms with Crippen LogP contribution in [0, 0.1) is 0 Å². The minimum Gasteiger partial charge on any atom is -0.496 e. The molecule has 162 valence electrons. The molecule has 2 heterocycles. The van der Waals surface area contributed by atoms with Crippen molar-refractivity contribution in [2.45, 2.75) is 32.0 Å². The molecule has 0 saturated heterocycles. The van der Waals surface area contributed by atoms with Gasteiger partial charge in [-0.1, -0.05) is 18.2 Å². The number of carbonyl (C=O) groups is 1. The van der Waals surface area contributed by atoms with Crippen LogP contribution in [-0.2, 0) is 18.7 Å². The van der Waals surface area contributed by atoms with Crippen molar-refractivity contribution in [3.05, 3.63) is 77.6 Å². The molecule has 1 unspecified atom stereocenters. The minimum absolute atomic E-state index is 0.107. The lowest BCUT2D eigenvalue weighted by atomic mass is 9.91. The van der Waals surface area contributed by atoms with Crippen molar-refractivity contribution < 1.29 is 19.4 Å². The van der Waals surface area contributed by atoms with Crippen molar-refractivity contribution >= 4 is 5.91 Å². The van der Waals surface area contributed by atoms with Gasteiger partial charge in [0, 0.05) is 31.0 Å². The van der Waals surface area contributed by atoms with Crippen LogP contribution in [0.25, 0.3) is 0 Å². The maximum absolute atomic E-state index is 13.2. The fourth-order valence-electron chi connectivity index (χ4n) is 3.80. The van der Waals surface area contributed by atoms with Gasteiger partial charge in [-0.25, -0.2) is 0 Å². The second kappa shape index (κ2) is 8.81. The number of ether oxygens (including phenoxy) is 2. The van der Waals surface area contributed by atoms with Crippen LogP contribution in [0.2, 0.25) is 0 Å². The van der Waals surface area contributed by atoms with Gasteiger partial charge in [0.1, 0.15) is 18.1 Å². The molecule has 1 atom stereocenters. The molecule has 0 spiro atoms. The average Bonchev–Trinajstić information content (AvgIpc) is 3.22. The first-order valence-corrected chi connectivity index (χ1v) is 10.4. The number of amides is 1. The number of nitrogens with zero attached hydrogens (tertiary/aromatic N) is 3. The molecule has 0 radical (unpaired) electrons. The van der Waals surface area contributed by atoms with Crippen LogP contribution in [0.1, 0.15) is 34.8 Å². The maximum Gasteiger partial charge on any atom is 0.258 e. The third-order valence-corrected chi connectivity index (χ3v) is 5.67. The van der Waals surface area contributed by atoms with Crippen LogP contribution in [0.4, 0.5) is 0 Å². The number of rotatable bonds is 6. The molecule has 1 aromatic heterocycles. The number of fused-ring (bicyclic) bond motifs is 1. The van der Waals surface area contributed by atoms with Gasteiger partial charge in [-0.15, -0.1) is 0 Å². The lowest BCUT2D eigenvalue weighted by molar-refractivity contribution is 0.0419. The molecule has 4 rings (SSSR count). The van der Waals surface area contributed by atoms with Crippen LogP contribution < -0.4 is 9.47 Å². The zero-order valence-corrected chi connectivity index (χ0v) is 17.8. The van der Waals surface area contributed by atoms with Crippen LogP contribution in [-0.4, -0.2) is 46.0 Å². The van der Waals surface area contributed by atoms with Crippen molar-refractivity contribution in [1.82, 2.24) is 14.7 Å². The number of aliphatic hydroxyl groups is 1. The fraction of sp³-hybridized carbons (Fsp3) is 0.333. The highest BCUT2D eigenvalue weighted by molar-refractivity contribution is 5.97. The molecule has 31 heavy (non-hydrogen) atoms. The molecule has 1 aliphatic rings. The summed E-state index contributed by atoms with van der Waals surface area (Å²) in [6.07, 6.45) is 4.11. The topological polar surface area (TPSA) is 76.8 Å². The quantitative estimate of drug-likeness (QED) is 0.661. The molecule has 1 N–H and O–H groups in total. The first kappa shape index (κ1) is 20.9. The fourth-order valence-corrected chi connectivity index (χ4v) is 3.80. The van der Waals surface area contributed by atoms with Crippen molar-refractivity contribution in [1.29, 1.82) is 0 Å². The van der Waals surface area contributed by atoms with E-state index < -0.39 is 5.60 Å². The Kier molecular flexibility index (Phi) is 5.95. The van der Waals surface area contributed by atoms with Gasteiger partial charge >= 0.3 is 0 Å². The van der Waals surface area contributed by atoms with Crippen LogP contribution >= 0.6 is 0 Å². The molecule has 0 fully saturated rings. The SMILES string of the molecule is COc1ccccc1C(=O)N1CCOc2ccc(C(C)(O)CCn3cccn3)cc2C1. The summed E-state index contributed by atoms with van der Waals surface area (Å²) < 4.78 is 13.0. The summed E-state index contributed by atoms with van der Waals surface area (Å²) >= 11 is 0. The highest BCUT2D eigenvalue weighted by atomic mass is 16.5. The maximum atomic E-state index is 13.2. The van der Waals surface area contributed by atoms with Gasteiger partial charge in [-0.05, 0) is 49.2 Å². The van der Waals surface area contributed by atoms with Crippen molar-refractivity contribution in [2.24, 2.45) is 0 Å². The Hall–Kier alpha value is -3.32. The normalized spacial score (nSPS) is 15.4. The monoisotopic (exact) mass is 421 g/mol. The molecule has 7 nitrogen and oxygen atoms in total. The Balaban J connectivity index is 1.55. The summed E-state index contributed by atoms with van der Waals surface area (Å²) in [6.45, 7) is 3.67. The van der Waals surface area contributed by atoms with Crippen molar-refractivity contribution in [3.8, 4) is 11.5 Å². The molecule has 2 aromatic carbocycles. The van der Waals surface area contributed by atoms with E-state index in [0.29, 0.717) is 44.0 Å². The van der Waals surface area contributed by atoms with E-state index in [0.717, 1.165) is 16.9 Å². The summed E-state index contributed by atoms with van der Waals surface area (Å²) in [7, 11) is 1.56. The standard InChI is InChI=1S/C24H27N3O4/c1-24(29,10-13-27-12-5-11-25-27)19-8-9-21-18(16-19)17-26(14-15-31-21)23(28)20-6-3-4-7-22(20)30-2/h3-9,11-12,16,29H,10,13-15,17H2,1-2H3. The largest absolute Gasteiger partial charge is 0.496 e. The highest BCUT2D eigenvalue weighted by Crippen LogP contribution is 2.32. The number of aromatic nitrogens is 2. The molecule has 1 aliphatic heterocycles. The predicted octanol–water partition coefficient (Wildman–Crippen LogP) is 3.22. The number of methoxy groups -OCH3 is 1. The van der Waals surface area contributed by atoms with Gasteiger partial charge in [-0.2, -0.15) is 5.10 Å². The van der Waals surface area contributed by atoms with Gasteiger partial charge in [-0.3, -0.25) is 9.48 Å². The molecule has 0 aliphatic carbocycles. The second-order valence-corrected chi connectivity index (χ2v) is 7.89. The lowest BCUT2D eigenvalue weighted by Crippen LogP contribution is -2.32. The van der Waals surface area contributed by atoms with E-state index in [9.17, 15) is 9.90 Å². The molecule has 7 heteroatoms. The van der Waals surface area contributed by atoms with Crippen molar-refractivity contribution in [3.63, 3.8) is 0 Å². The van der Waals surface area contributed by atoms with E-state index in [1.165, 1.54) is 0 Å². The van der Waals surface area contributed by atoms with Gasteiger partial charge in [0.25, 0.3) is 5.91 Å². The molecule has 0 saturated carbocycles. The van der Waals surface area contributed by atoms with Crippen LogP contribution in [0.5, 0.6) is 11.5 Å². The first-order valence-electron chi connectivity index (χ1n) is 10.4. The molecular weight excluding hydrogens is 394 g/mol. The predicted molar refractivity (Wildman–Crippen MR) is 116 cm³/mol. The average molecular weight is 421 g/mol. The Morgan fingerprint density at radius 2 is 2.10 bits per heavy atom. The zero-order valence-electron chi connectivity index (χ0n) is 17.8. The smallest absolute Gasteiger partial charge is 0.258 e. The van der Waals surface area contributed by atoms with Gasteiger partial charge in [0.15, 0.2) is 0 Å². The van der Waals surface area contributed by atoms with E-state index >= 15 is 0 Å². The first-order chi connectivity index (χ1) is 15.0. The lowest BCUT2D eigenvalue weighted by Gasteiger charge is -2.25. The van der Waals surface area contributed by atoms with Crippen LogP contribution in [0.3, 0.4) is 0 Å². The highest BCUT2D eigenvalue weighted by Gasteiger charge is 2.27. The van der Waals surface area contributed by atoms with E-state index in [1.807, 2.05) is 42.6 Å². The number of aryl methyl sites for hydroxylation is 1. The number of hydrogen-bond donors (Lipinski definition) is 1.